The predicted octanol–water partition coefficient (Wildman–Crippen LogP) is 2.54. The molecule has 1 aromatic carbocycles. The predicted molar refractivity (Wildman–Crippen MR) is 99.0 cm³/mol. The Labute approximate surface area is 150 Å². The minimum Gasteiger partial charge on any atom is -0.396 e. The van der Waals surface area contributed by atoms with Crippen LogP contribution in [0.4, 0.5) is 5.69 Å². The van der Waals surface area contributed by atoms with Gasteiger partial charge >= 0.3 is 0 Å². The van der Waals surface area contributed by atoms with Crippen molar-refractivity contribution >= 4 is 11.6 Å². The number of anilines is 1. The summed E-state index contributed by atoms with van der Waals surface area (Å²) >= 11 is 0. The summed E-state index contributed by atoms with van der Waals surface area (Å²) < 4.78 is 5.22. The number of aliphatic hydroxyl groups excluding tert-OH is 1. The first-order valence-corrected chi connectivity index (χ1v) is 9.42. The van der Waals surface area contributed by atoms with Crippen LogP contribution in [0.3, 0.4) is 0 Å². The number of piperidine rings is 1. The topological polar surface area (TPSA) is 53.0 Å². The van der Waals surface area contributed by atoms with E-state index in [1.165, 1.54) is 12.8 Å². The molecule has 0 aliphatic carbocycles. The van der Waals surface area contributed by atoms with E-state index in [1.807, 2.05) is 23.1 Å². The molecule has 2 saturated heterocycles. The van der Waals surface area contributed by atoms with E-state index < -0.39 is 0 Å². The second-order valence-electron chi connectivity index (χ2n) is 7.44. The van der Waals surface area contributed by atoms with Crippen LogP contribution in [0.5, 0.6) is 0 Å². The van der Waals surface area contributed by atoms with Gasteiger partial charge in [-0.3, -0.25) is 4.79 Å². The molecule has 2 aliphatic heterocycles. The maximum atomic E-state index is 13.2. The lowest BCUT2D eigenvalue weighted by Crippen LogP contribution is -2.48. The Morgan fingerprint density at radius 3 is 2.68 bits per heavy atom. The fraction of sp³-hybridized carbons (Fsp3) is 0.650. The van der Waals surface area contributed by atoms with Crippen molar-refractivity contribution in [1.82, 2.24) is 4.90 Å². The SMILES string of the molecule is COCC[C@@]1(CO)CCCN(C(=O)c2ccccc2N2CCCC2)C1. The summed E-state index contributed by atoms with van der Waals surface area (Å²) in [6.45, 7) is 4.15. The molecule has 0 radical (unpaired) electrons. The summed E-state index contributed by atoms with van der Waals surface area (Å²) in [5.41, 5.74) is 1.62. The normalized spacial score (nSPS) is 23.9. The van der Waals surface area contributed by atoms with Gasteiger partial charge in [-0.2, -0.15) is 0 Å². The monoisotopic (exact) mass is 346 g/mol. The molecular weight excluding hydrogens is 316 g/mol. The van der Waals surface area contributed by atoms with Crippen LogP contribution in [0, 0.1) is 5.41 Å². The molecule has 1 aromatic rings. The zero-order valence-electron chi connectivity index (χ0n) is 15.2. The minimum absolute atomic E-state index is 0.0949. The van der Waals surface area contributed by atoms with Crippen molar-refractivity contribution in [1.29, 1.82) is 0 Å². The first-order chi connectivity index (χ1) is 12.2. The Kier molecular flexibility index (Phi) is 5.97. The number of aliphatic hydroxyl groups is 1. The third-order valence-electron chi connectivity index (χ3n) is 5.70. The highest BCUT2D eigenvalue weighted by atomic mass is 16.5. The molecule has 2 aliphatic rings. The highest BCUT2D eigenvalue weighted by molar-refractivity contribution is 6.00. The summed E-state index contributed by atoms with van der Waals surface area (Å²) in [6.07, 6.45) is 5.05. The van der Waals surface area contributed by atoms with E-state index in [2.05, 4.69) is 11.0 Å². The van der Waals surface area contributed by atoms with Crippen LogP contribution in [0.15, 0.2) is 24.3 Å². The second-order valence-corrected chi connectivity index (χ2v) is 7.44. The van der Waals surface area contributed by atoms with Crippen LogP contribution in [-0.2, 0) is 4.74 Å². The molecule has 2 fully saturated rings. The molecule has 2 heterocycles. The number of rotatable bonds is 6. The maximum Gasteiger partial charge on any atom is 0.255 e. The average molecular weight is 346 g/mol. The van der Waals surface area contributed by atoms with Crippen molar-refractivity contribution < 1.29 is 14.6 Å². The number of para-hydroxylation sites is 1. The number of amides is 1. The van der Waals surface area contributed by atoms with Crippen LogP contribution in [0.1, 0.15) is 42.5 Å². The first-order valence-electron chi connectivity index (χ1n) is 9.42. The standard InChI is InChI=1S/C20H30N2O3/c1-25-14-10-20(16-23)9-6-13-22(15-20)19(24)17-7-2-3-8-18(17)21-11-4-5-12-21/h2-3,7-8,23H,4-6,9-16H2,1H3/t20-/m0/s1. The number of methoxy groups -OCH3 is 1. The van der Waals surface area contributed by atoms with Crippen molar-refractivity contribution in [2.24, 2.45) is 5.41 Å². The lowest BCUT2D eigenvalue weighted by molar-refractivity contribution is 0.00901. The zero-order chi connectivity index (χ0) is 17.7. The maximum absolute atomic E-state index is 13.2. The Bertz CT molecular complexity index is 586. The van der Waals surface area contributed by atoms with Crippen molar-refractivity contribution in [3.8, 4) is 0 Å². The quantitative estimate of drug-likeness (QED) is 0.860. The van der Waals surface area contributed by atoms with Gasteiger partial charge in [0.05, 0.1) is 12.2 Å². The fourth-order valence-corrected chi connectivity index (χ4v) is 4.17. The highest BCUT2D eigenvalue weighted by Crippen LogP contribution is 2.35. The van der Waals surface area contributed by atoms with Crippen LogP contribution < -0.4 is 4.90 Å². The minimum atomic E-state index is -0.230. The summed E-state index contributed by atoms with van der Waals surface area (Å²) in [5, 5.41) is 9.96. The van der Waals surface area contributed by atoms with Crippen LogP contribution >= 0.6 is 0 Å². The van der Waals surface area contributed by atoms with Gasteiger partial charge < -0.3 is 19.6 Å². The highest BCUT2D eigenvalue weighted by Gasteiger charge is 2.37. The number of hydrogen-bond acceptors (Lipinski definition) is 4. The zero-order valence-corrected chi connectivity index (χ0v) is 15.2. The summed E-state index contributed by atoms with van der Waals surface area (Å²) in [5.74, 6) is 0.0949. The number of likely N-dealkylation sites (tertiary alicyclic amines) is 1. The van der Waals surface area contributed by atoms with Gasteiger partial charge in [-0.1, -0.05) is 12.1 Å². The van der Waals surface area contributed by atoms with Crippen LogP contribution in [0.2, 0.25) is 0 Å². The van der Waals surface area contributed by atoms with E-state index in [-0.39, 0.29) is 17.9 Å². The number of ether oxygens (including phenoxy) is 1. The van der Waals surface area contributed by atoms with Crippen molar-refractivity contribution in [2.75, 3.05) is 51.4 Å². The van der Waals surface area contributed by atoms with Gasteiger partial charge in [-0.15, -0.1) is 0 Å². The average Bonchev–Trinajstić information content (AvgIpc) is 3.20. The van der Waals surface area contributed by atoms with Gasteiger partial charge in [-0.05, 0) is 44.2 Å². The van der Waals surface area contributed by atoms with Gasteiger partial charge in [0.25, 0.3) is 5.91 Å². The van der Waals surface area contributed by atoms with Crippen molar-refractivity contribution in [3.05, 3.63) is 29.8 Å². The van der Waals surface area contributed by atoms with Gasteiger partial charge in [-0.25, -0.2) is 0 Å². The third kappa shape index (κ3) is 3.98. The Balaban J connectivity index is 1.78. The molecule has 0 bridgehead atoms. The van der Waals surface area contributed by atoms with Crippen LogP contribution in [-0.4, -0.2) is 62.4 Å². The fourth-order valence-electron chi connectivity index (χ4n) is 4.17. The summed E-state index contributed by atoms with van der Waals surface area (Å²) in [6, 6.07) is 7.96. The van der Waals surface area contributed by atoms with Gasteiger partial charge in [0.15, 0.2) is 0 Å². The Morgan fingerprint density at radius 1 is 1.20 bits per heavy atom. The molecule has 5 nitrogen and oxygen atoms in total. The second kappa shape index (κ2) is 8.19. The van der Waals surface area contributed by atoms with Gasteiger partial charge in [0, 0.05) is 51.0 Å². The lowest BCUT2D eigenvalue weighted by atomic mass is 9.78. The third-order valence-corrected chi connectivity index (χ3v) is 5.70. The molecule has 1 atom stereocenters. The molecule has 0 spiro atoms. The number of carbonyl (C=O) groups is 1. The largest absolute Gasteiger partial charge is 0.396 e. The lowest BCUT2D eigenvalue weighted by Gasteiger charge is -2.42. The van der Waals surface area contributed by atoms with Crippen molar-refractivity contribution in [3.63, 3.8) is 0 Å². The van der Waals surface area contributed by atoms with Crippen molar-refractivity contribution in [2.45, 2.75) is 32.1 Å². The van der Waals surface area contributed by atoms with E-state index >= 15 is 0 Å². The number of carbonyl (C=O) groups excluding carboxylic acids is 1. The summed E-state index contributed by atoms with van der Waals surface area (Å²) in [4.78, 5) is 17.5. The molecule has 0 saturated carbocycles. The molecule has 3 rings (SSSR count). The van der Waals surface area contributed by atoms with E-state index in [0.717, 1.165) is 50.1 Å². The number of benzene rings is 1. The molecule has 0 unspecified atom stereocenters. The molecular formula is C20H30N2O3. The van der Waals surface area contributed by atoms with Crippen LogP contribution in [0.25, 0.3) is 0 Å². The molecule has 5 heteroatoms. The molecule has 25 heavy (non-hydrogen) atoms. The smallest absolute Gasteiger partial charge is 0.255 e. The molecule has 0 aromatic heterocycles. The number of hydrogen-bond donors (Lipinski definition) is 1. The van der Waals surface area contributed by atoms with E-state index in [0.29, 0.717) is 13.2 Å². The molecule has 138 valence electrons. The molecule has 1 N–H and O–H groups in total. The molecule has 1 amide bonds. The summed E-state index contributed by atoms with van der Waals surface area (Å²) in [7, 11) is 1.68. The van der Waals surface area contributed by atoms with E-state index in [4.69, 9.17) is 4.74 Å². The van der Waals surface area contributed by atoms with Gasteiger partial charge in [0.2, 0.25) is 0 Å². The Morgan fingerprint density at radius 2 is 1.96 bits per heavy atom. The number of nitrogens with zero attached hydrogens (tertiary/aromatic N) is 2. The van der Waals surface area contributed by atoms with E-state index in [1.54, 1.807) is 7.11 Å². The van der Waals surface area contributed by atoms with Gasteiger partial charge in [0.1, 0.15) is 0 Å². The van der Waals surface area contributed by atoms with E-state index in [9.17, 15) is 9.90 Å². The Hall–Kier alpha value is -1.59. The first kappa shape index (κ1) is 18.2.